The molecule has 0 aromatic heterocycles. The van der Waals surface area contributed by atoms with E-state index in [0.717, 1.165) is 11.1 Å². The Labute approximate surface area is 100 Å². The zero-order valence-corrected chi connectivity index (χ0v) is 9.87. The van der Waals surface area contributed by atoms with E-state index in [-0.39, 0.29) is 25.1 Å². The topological polar surface area (TPSA) is 46.5 Å². The molecule has 0 aliphatic carbocycles. The number of esters is 1. The molecular formula is C12H14O3S. The number of hydrogen-bond acceptors (Lipinski definition) is 4. The van der Waals surface area contributed by atoms with Crippen molar-refractivity contribution in [3.8, 4) is 0 Å². The maximum absolute atomic E-state index is 10.7. The van der Waals surface area contributed by atoms with Crippen molar-refractivity contribution in [2.75, 3.05) is 13.2 Å². The summed E-state index contributed by atoms with van der Waals surface area (Å²) in [5, 5.41) is 10.8. The third-order valence-electron chi connectivity index (χ3n) is 2.27. The second-order valence-corrected chi connectivity index (χ2v) is 3.66. The average molecular weight is 238 g/mol. The molecule has 0 aliphatic rings. The molecule has 0 radical (unpaired) electrons. The third kappa shape index (κ3) is 3.40. The highest BCUT2D eigenvalue weighted by Gasteiger charge is 2.14. The standard InChI is InChI=1S/C12H14O3S/c1-9(14)15-7-11(6-13)12-5-3-2-4-10(12)8-16/h2-5,8,11,13H,6-7H2,1H3/t11-/m0/s1. The van der Waals surface area contributed by atoms with Crippen molar-refractivity contribution >= 4 is 23.6 Å². The molecule has 1 atom stereocenters. The van der Waals surface area contributed by atoms with Crippen LogP contribution < -0.4 is 0 Å². The Morgan fingerprint density at radius 2 is 2.25 bits per heavy atom. The molecule has 0 amide bonds. The molecule has 0 spiro atoms. The quantitative estimate of drug-likeness (QED) is 0.626. The van der Waals surface area contributed by atoms with Gasteiger partial charge in [-0.15, -0.1) is 0 Å². The van der Waals surface area contributed by atoms with Crippen molar-refractivity contribution in [1.82, 2.24) is 0 Å². The van der Waals surface area contributed by atoms with E-state index in [1.807, 2.05) is 24.3 Å². The van der Waals surface area contributed by atoms with Gasteiger partial charge in [-0.2, -0.15) is 0 Å². The normalized spacial score (nSPS) is 11.9. The minimum absolute atomic E-state index is 0.0759. The lowest BCUT2D eigenvalue weighted by Gasteiger charge is -2.16. The van der Waals surface area contributed by atoms with E-state index in [0.29, 0.717) is 0 Å². The average Bonchev–Trinajstić information content (AvgIpc) is 2.30. The second kappa shape index (κ2) is 6.35. The molecule has 0 saturated heterocycles. The summed E-state index contributed by atoms with van der Waals surface area (Å²) in [6, 6.07) is 7.50. The largest absolute Gasteiger partial charge is 0.465 e. The van der Waals surface area contributed by atoms with Crippen LogP contribution in [0.2, 0.25) is 0 Å². The first kappa shape index (κ1) is 12.8. The number of carbonyl (C=O) groups is 1. The van der Waals surface area contributed by atoms with Crippen LogP contribution in [0.5, 0.6) is 0 Å². The minimum atomic E-state index is -0.349. The molecule has 16 heavy (non-hydrogen) atoms. The lowest BCUT2D eigenvalue weighted by molar-refractivity contribution is -0.141. The Balaban J connectivity index is 2.85. The van der Waals surface area contributed by atoms with Crippen molar-refractivity contribution in [3.05, 3.63) is 35.4 Å². The molecule has 86 valence electrons. The SMILES string of the molecule is CC(=O)OC[C@H](CO)c1ccccc1C=S. The Morgan fingerprint density at radius 1 is 1.56 bits per heavy atom. The fourth-order valence-electron chi connectivity index (χ4n) is 1.45. The Hall–Kier alpha value is -1.26. The van der Waals surface area contributed by atoms with Crippen LogP contribution in [-0.2, 0) is 9.53 Å². The number of carbonyl (C=O) groups excluding carboxylic acids is 1. The molecule has 1 aromatic carbocycles. The summed E-state index contributed by atoms with van der Waals surface area (Å²) >= 11 is 4.89. The summed E-state index contributed by atoms with van der Waals surface area (Å²) in [7, 11) is 0. The number of rotatable bonds is 5. The van der Waals surface area contributed by atoms with Crippen LogP contribution >= 0.6 is 12.2 Å². The monoisotopic (exact) mass is 238 g/mol. The highest BCUT2D eigenvalue weighted by atomic mass is 32.1. The van der Waals surface area contributed by atoms with Gasteiger partial charge in [0.25, 0.3) is 0 Å². The van der Waals surface area contributed by atoms with E-state index in [9.17, 15) is 9.90 Å². The zero-order chi connectivity index (χ0) is 12.0. The van der Waals surface area contributed by atoms with Crippen molar-refractivity contribution in [1.29, 1.82) is 0 Å². The first-order chi connectivity index (χ1) is 7.69. The molecule has 1 N–H and O–H groups in total. The molecule has 0 aliphatic heterocycles. The predicted octanol–water partition coefficient (Wildman–Crippen LogP) is 1.67. The van der Waals surface area contributed by atoms with Crippen LogP contribution in [0.25, 0.3) is 0 Å². The van der Waals surface area contributed by atoms with Crippen LogP contribution in [-0.4, -0.2) is 29.7 Å². The van der Waals surface area contributed by atoms with Gasteiger partial charge in [0.2, 0.25) is 0 Å². The number of thiocarbonyl (C=S) groups is 1. The maximum Gasteiger partial charge on any atom is 0.302 e. The maximum atomic E-state index is 10.7. The van der Waals surface area contributed by atoms with E-state index in [1.54, 1.807) is 5.37 Å². The minimum Gasteiger partial charge on any atom is -0.465 e. The second-order valence-electron chi connectivity index (χ2n) is 3.43. The summed E-state index contributed by atoms with van der Waals surface area (Å²) in [6.07, 6.45) is 0. The Bertz CT molecular complexity index is 376. The number of hydrogen-bond donors (Lipinski definition) is 1. The fraction of sp³-hybridized carbons (Fsp3) is 0.333. The number of benzene rings is 1. The number of aliphatic hydroxyl groups is 1. The van der Waals surface area contributed by atoms with Crippen molar-refractivity contribution in [2.45, 2.75) is 12.8 Å². The summed E-state index contributed by atoms with van der Waals surface area (Å²) in [6.45, 7) is 1.44. The van der Waals surface area contributed by atoms with Crippen LogP contribution in [0.3, 0.4) is 0 Å². The van der Waals surface area contributed by atoms with Crippen molar-refractivity contribution in [3.63, 3.8) is 0 Å². The molecular weight excluding hydrogens is 224 g/mol. The Morgan fingerprint density at radius 3 is 2.81 bits per heavy atom. The Kier molecular flexibility index (Phi) is 5.08. The number of ether oxygens (including phenoxy) is 1. The molecule has 1 rings (SSSR count). The van der Waals surface area contributed by atoms with E-state index >= 15 is 0 Å². The predicted molar refractivity (Wildman–Crippen MR) is 65.7 cm³/mol. The zero-order valence-electron chi connectivity index (χ0n) is 9.05. The summed E-state index contributed by atoms with van der Waals surface area (Å²) in [4.78, 5) is 10.7. The molecule has 0 fully saturated rings. The van der Waals surface area contributed by atoms with Gasteiger partial charge in [-0.1, -0.05) is 36.5 Å². The van der Waals surface area contributed by atoms with Gasteiger partial charge < -0.3 is 9.84 Å². The van der Waals surface area contributed by atoms with E-state index < -0.39 is 0 Å². The van der Waals surface area contributed by atoms with Gasteiger partial charge in [-0.25, -0.2) is 0 Å². The fourth-order valence-corrected chi connectivity index (χ4v) is 1.66. The molecule has 0 saturated carbocycles. The van der Waals surface area contributed by atoms with Gasteiger partial charge in [0.05, 0.1) is 6.61 Å². The summed E-state index contributed by atoms with van der Waals surface area (Å²) in [5.41, 5.74) is 1.78. The van der Waals surface area contributed by atoms with Gasteiger partial charge in [0, 0.05) is 18.2 Å². The van der Waals surface area contributed by atoms with Gasteiger partial charge in [0.1, 0.15) is 6.61 Å². The first-order valence-corrected chi connectivity index (χ1v) is 5.44. The highest BCUT2D eigenvalue weighted by Crippen LogP contribution is 2.19. The van der Waals surface area contributed by atoms with Crippen LogP contribution in [0.15, 0.2) is 24.3 Å². The van der Waals surface area contributed by atoms with Gasteiger partial charge in [-0.05, 0) is 11.1 Å². The molecule has 0 heterocycles. The molecule has 3 nitrogen and oxygen atoms in total. The molecule has 1 aromatic rings. The molecule has 4 heteroatoms. The van der Waals surface area contributed by atoms with Gasteiger partial charge in [0.15, 0.2) is 0 Å². The lowest BCUT2D eigenvalue weighted by atomic mass is 9.96. The van der Waals surface area contributed by atoms with Crippen LogP contribution in [0.1, 0.15) is 24.0 Å². The summed E-state index contributed by atoms with van der Waals surface area (Å²) in [5.74, 6) is -0.572. The lowest BCUT2D eigenvalue weighted by Crippen LogP contribution is -2.15. The van der Waals surface area contributed by atoms with Gasteiger partial charge >= 0.3 is 5.97 Å². The van der Waals surface area contributed by atoms with Crippen molar-refractivity contribution in [2.24, 2.45) is 0 Å². The molecule has 0 unspecified atom stereocenters. The van der Waals surface area contributed by atoms with E-state index in [2.05, 4.69) is 0 Å². The number of aliphatic hydroxyl groups excluding tert-OH is 1. The van der Waals surface area contributed by atoms with Gasteiger partial charge in [-0.3, -0.25) is 4.79 Å². The van der Waals surface area contributed by atoms with Crippen LogP contribution in [0, 0.1) is 0 Å². The van der Waals surface area contributed by atoms with Crippen molar-refractivity contribution < 1.29 is 14.6 Å². The molecule has 0 bridgehead atoms. The smallest absolute Gasteiger partial charge is 0.302 e. The third-order valence-corrected chi connectivity index (χ3v) is 2.52. The van der Waals surface area contributed by atoms with Crippen LogP contribution in [0.4, 0.5) is 0 Å². The highest BCUT2D eigenvalue weighted by molar-refractivity contribution is 7.79. The van der Waals surface area contributed by atoms with E-state index in [4.69, 9.17) is 17.0 Å². The first-order valence-electron chi connectivity index (χ1n) is 4.97. The summed E-state index contributed by atoms with van der Waals surface area (Å²) < 4.78 is 4.90. The van der Waals surface area contributed by atoms with E-state index in [1.165, 1.54) is 6.92 Å².